The molecule has 21 heavy (non-hydrogen) atoms. The van der Waals surface area contributed by atoms with Crippen LogP contribution in [-0.4, -0.2) is 50.3 Å². The summed E-state index contributed by atoms with van der Waals surface area (Å²) in [7, 11) is -3.63. The molecule has 0 radical (unpaired) electrons. The standard InChI is InChI=1S/C13H15Cl2N3O2S/c14-11-3-1-4-12(13(11)15)21(19,20)18-9-7-17(8-10-18)6-2-5-16/h1,3-4H,2,6-10H2. The largest absolute Gasteiger partial charge is 0.300 e. The van der Waals surface area contributed by atoms with Crippen molar-refractivity contribution in [3.8, 4) is 6.07 Å². The fourth-order valence-corrected chi connectivity index (χ4v) is 4.38. The van der Waals surface area contributed by atoms with Crippen LogP contribution in [0.4, 0.5) is 0 Å². The van der Waals surface area contributed by atoms with E-state index in [1.165, 1.54) is 10.4 Å². The van der Waals surface area contributed by atoms with Crippen molar-refractivity contribution in [1.82, 2.24) is 9.21 Å². The molecule has 1 fully saturated rings. The van der Waals surface area contributed by atoms with E-state index < -0.39 is 10.0 Å². The highest BCUT2D eigenvalue weighted by atomic mass is 35.5. The first-order chi connectivity index (χ1) is 9.96. The molecule has 2 rings (SSSR count). The zero-order chi connectivity index (χ0) is 15.5. The van der Waals surface area contributed by atoms with Crippen molar-refractivity contribution in [2.45, 2.75) is 11.3 Å². The Morgan fingerprint density at radius 3 is 2.48 bits per heavy atom. The molecule has 0 atom stereocenters. The number of piperazine rings is 1. The summed E-state index contributed by atoms with van der Waals surface area (Å²) in [5.74, 6) is 0. The van der Waals surface area contributed by atoms with Crippen molar-refractivity contribution < 1.29 is 8.42 Å². The molecule has 0 bridgehead atoms. The summed E-state index contributed by atoms with van der Waals surface area (Å²) in [6, 6.07) is 6.69. The highest BCUT2D eigenvalue weighted by Gasteiger charge is 2.30. The molecule has 0 saturated carbocycles. The molecule has 8 heteroatoms. The summed E-state index contributed by atoms with van der Waals surface area (Å²) in [5.41, 5.74) is 0. The summed E-state index contributed by atoms with van der Waals surface area (Å²) >= 11 is 11.9. The van der Waals surface area contributed by atoms with E-state index in [1.54, 1.807) is 12.1 Å². The second-order valence-electron chi connectivity index (χ2n) is 4.71. The Hall–Kier alpha value is -0.840. The maximum atomic E-state index is 12.6. The minimum Gasteiger partial charge on any atom is -0.300 e. The predicted molar refractivity (Wildman–Crippen MR) is 81.9 cm³/mol. The Morgan fingerprint density at radius 1 is 1.19 bits per heavy atom. The Kier molecular flexibility index (Phi) is 5.47. The number of nitrogens with zero attached hydrogens (tertiary/aromatic N) is 3. The lowest BCUT2D eigenvalue weighted by molar-refractivity contribution is 0.191. The van der Waals surface area contributed by atoms with Crippen molar-refractivity contribution in [3.63, 3.8) is 0 Å². The lowest BCUT2D eigenvalue weighted by Gasteiger charge is -2.33. The summed E-state index contributed by atoms with van der Waals surface area (Å²) in [6.07, 6.45) is 0.451. The molecule has 0 aromatic heterocycles. The zero-order valence-electron chi connectivity index (χ0n) is 11.3. The average Bonchev–Trinajstić information content (AvgIpc) is 2.48. The monoisotopic (exact) mass is 347 g/mol. The smallest absolute Gasteiger partial charge is 0.244 e. The highest BCUT2D eigenvalue weighted by Crippen LogP contribution is 2.31. The molecule has 1 saturated heterocycles. The third kappa shape index (κ3) is 3.68. The summed E-state index contributed by atoms with van der Waals surface area (Å²) in [4.78, 5) is 2.12. The van der Waals surface area contributed by atoms with Gasteiger partial charge in [0.25, 0.3) is 0 Å². The maximum absolute atomic E-state index is 12.6. The van der Waals surface area contributed by atoms with Crippen LogP contribution in [0.1, 0.15) is 6.42 Å². The predicted octanol–water partition coefficient (Wildman–Crippen LogP) is 2.21. The van der Waals surface area contributed by atoms with Crippen molar-refractivity contribution in [2.75, 3.05) is 32.7 Å². The van der Waals surface area contributed by atoms with Gasteiger partial charge in [-0.1, -0.05) is 29.3 Å². The third-order valence-electron chi connectivity index (χ3n) is 3.41. The lowest BCUT2D eigenvalue weighted by atomic mass is 10.3. The Bertz CT molecular complexity index is 650. The van der Waals surface area contributed by atoms with Gasteiger partial charge >= 0.3 is 0 Å². The van der Waals surface area contributed by atoms with E-state index in [0.29, 0.717) is 39.1 Å². The van der Waals surface area contributed by atoms with E-state index in [-0.39, 0.29) is 14.9 Å². The van der Waals surface area contributed by atoms with Crippen LogP contribution in [0.25, 0.3) is 0 Å². The molecule has 5 nitrogen and oxygen atoms in total. The van der Waals surface area contributed by atoms with Crippen molar-refractivity contribution in [3.05, 3.63) is 28.2 Å². The minimum absolute atomic E-state index is 0.0436. The van der Waals surface area contributed by atoms with Gasteiger partial charge in [0.2, 0.25) is 10.0 Å². The van der Waals surface area contributed by atoms with Crippen LogP contribution in [0.15, 0.2) is 23.1 Å². The van der Waals surface area contributed by atoms with Crippen LogP contribution in [0.5, 0.6) is 0 Å². The number of sulfonamides is 1. The Labute approximate surface area is 134 Å². The van der Waals surface area contributed by atoms with E-state index >= 15 is 0 Å². The first kappa shape index (κ1) is 16.5. The molecule has 0 amide bonds. The van der Waals surface area contributed by atoms with E-state index in [1.807, 2.05) is 0 Å². The number of hydrogen-bond donors (Lipinski definition) is 0. The van der Waals surface area contributed by atoms with Crippen LogP contribution in [-0.2, 0) is 10.0 Å². The molecule has 1 heterocycles. The zero-order valence-corrected chi connectivity index (χ0v) is 13.6. The topological polar surface area (TPSA) is 64.4 Å². The number of nitriles is 1. The van der Waals surface area contributed by atoms with Crippen molar-refractivity contribution in [1.29, 1.82) is 5.26 Å². The van der Waals surface area contributed by atoms with Gasteiger partial charge in [-0.2, -0.15) is 9.57 Å². The molecular weight excluding hydrogens is 333 g/mol. The molecule has 0 N–H and O–H groups in total. The fourth-order valence-electron chi connectivity index (χ4n) is 2.22. The molecule has 0 aliphatic carbocycles. The lowest BCUT2D eigenvalue weighted by Crippen LogP contribution is -2.48. The molecule has 1 aliphatic heterocycles. The Balaban J connectivity index is 2.12. The van der Waals surface area contributed by atoms with Crippen LogP contribution < -0.4 is 0 Å². The molecule has 0 unspecified atom stereocenters. The van der Waals surface area contributed by atoms with Crippen molar-refractivity contribution in [2.24, 2.45) is 0 Å². The molecule has 1 aromatic rings. The molecular formula is C13H15Cl2N3O2S. The van der Waals surface area contributed by atoms with E-state index in [9.17, 15) is 8.42 Å². The van der Waals surface area contributed by atoms with Gasteiger partial charge in [0.15, 0.2) is 0 Å². The van der Waals surface area contributed by atoms with E-state index in [2.05, 4.69) is 11.0 Å². The molecule has 114 valence electrons. The average molecular weight is 348 g/mol. The van der Waals surface area contributed by atoms with Gasteiger partial charge in [0, 0.05) is 39.1 Å². The van der Waals surface area contributed by atoms with E-state index in [0.717, 1.165) is 0 Å². The van der Waals surface area contributed by atoms with Gasteiger partial charge in [-0.25, -0.2) is 8.42 Å². The number of rotatable bonds is 4. The third-order valence-corrected chi connectivity index (χ3v) is 6.28. The second kappa shape index (κ2) is 6.95. The maximum Gasteiger partial charge on any atom is 0.244 e. The van der Waals surface area contributed by atoms with Gasteiger partial charge < -0.3 is 0 Å². The van der Waals surface area contributed by atoms with Crippen LogP contribution in [0.3, 0.4) is 0 Å². The van der Waals surface area contributed by atoms with E-state index in [4.69, 9.17) is 28.5 Å². The first-order valence-corrected chi connectivity index (χ1v) is 8.70. The fraction of sp³-hybridized carbons (Fsp3) is 0.462. The minimum atomic E-state index is -3.63. The SMILES string of the molecule is N#CCCN1CCN(S(=O)(=O)c2cccc(Cl)c2Cl)CC1. The first-order valence-electron chi connectivity index (χ1n) is 6.50. The summed E-state index contributed by atoms with van der Waals surface area (Å²) in [5, 5.41) is 8.86. The quantitative estimate of drug-likeness (QED) is 0.837. The molecule has 0 spiro atoms. The molecule has 1 aliphatic rings. The van der Waals surface area contributed by atoms with Gasteiger partial charge in [-0.3, -0.25) is 4.90 Å². The van der Waals surface area contributed by atoms with Gasteiger partial charge in [0.05, 0.1) is 16.1 Å². The summed E-state index contributed by atoms with van der Waals surface area (Å²) in [6.45, 7) is 2.66. The van der Waals surface area contributed by atoms with Crippen LogP contribution in [0, 0.1) is 11.3 Å². The van der Waals surface area contributed by atoms with Crippen molar-refractivity contribution >= 4 is 33.2 Å². The van der Waals surface area contributed by atoms with Crippen LogP contribution >= 0.6 is 23.2 Å². The number of hydrogen-bond acceptors (Lipinski definition) is 4. The van der Waals surface area contributed by atoms with Crippen LogP contribution in [0.2, 0.25) is 10.0 Å². The van der Waals surface area contributed by atoms with Gasteiger partial charge in [0.1, 0.15) is 4.90 Å². The highest BCUT2D eigenvalue weighted by molar-refractivity contribution is 7.89. The Morgan fingerprint density at radius 2 is 1.86 bits per heavy atom. The second-order valence-corrected chi connectivity index (χ2v) is 7.40. The molecule has 1 aromatic carbocycles. The van der Waals surface area contributed by atoms with Gasteiger partial charge in [-0.05, 0) is 12.1 Å². The number of benzene rings is 1. The normalized spacial score (nSPS) is 17.6. The van der Waals surface area contributed by atoms with Gasteiger partial charge in [-0.15, -0.1) is 0 Å². The summed E-state index contributed by atoms with van der Waals surface area (Å²) < 4.78 is 26.6. The number of halogens is 2.